The summed E-state index contributed by atoms with van der Waals surface area (Å²) in [6, 6.07) is 6.48. The first-order valence-electron chi connectivity index (χ1n) is 13.3. The van der Waals surface area contributed by atoms with Crippen molar-refractivity contribution in [2.24, 2.45) is 11.8 Å². The van der Waals surface area contributed by atoms with Crippen LogP contribution < -0.4 is 0 Å². The Hall–Kier alpha value is -0.913. The molecule has 2 fully saturated rings. The number of halogens is 5. The van der Waals surface area contributed by atoms with Crippen LogP contribution in [-0.4, -0.2) is 8.80 Å². The molecule has 0 radical (unpaired) electrons. The molecule has 1 saturated heterocycles. The lowest BCUT2D eigenvalue weighted by molar-refractivity contribution is -0.142. The van der Waals surface area contributed by atoms with Gasteiger partial charge in [0.05, 0.1) is 0 Å². The van der Waals surface area contributed by atoms with Crippen molar-refractivity contribution >= 4 is 8.80 Å². The van der Waals surface area contributed by atoms with Gasteiger partial charge in [0.2, 0.25) is 0 Å². The van der Waals surface area contributed by atoms with E-state index in [0.29, 0.717) is 11.5 Å². The van der Waals surface area contributed by atoms with E-state index in [-0.39, 0.29) is 5.92 Å². The Labute approximate surface area is 198 Å². The number of rotatable bonds is 10. The molecular weight excluding hydrogens is 447 g/mol. The van der Waals surface area contributed by atoms with E-state index in [1.807, 2.05) is 0 Å². The van der Waals surface area contributed by atoms with E-state index in [4.69, 9.17) is 0 Å². The van der Waals surface area contributed by atoms with E-state index in [0.717, 1.165) is 43.7 Å². The average molecular weight is 489 g/mol. The highest BCUT2D eigenvalue weighted by Crippen LogP contribution is 2.41. The number of unbranched alkanes of at least 4 members (excludes halogenated alkanes) is 3. The minimum Gasteiger partial charge on any atom is -0.206 e. The Morgan fingerprint density at radius 3 is 1.85 bits per heavy atom. The minimum atomic E-state index is -5.00. The fourth-order valence-corrected chi connectivity index (χ4v) is 9.86. The highest BCUT2D eigenvalue weighted by molar-refractivity contribution is 6.58. The quantitative estimate of drug-likeness (QED) is 0.175. The van der Waals surface area contributed by atoms with E-state index in [2.05, 4.69) is 6.92 Å². The van der Waals surface area contributed by atoms with E-state index in [1.54, 1.807) is 18.1 Å². The van der Waals surface area contributed by atoms with Gasteiger partial charge in [-0.05, 0) is 61.1 Å². The van der Waals surface area contributed by atoms with Crippen molar-refractivity contribution in [3.8, 4) is 0 Å². The molecule has 0 atom stereocenters. The van der Waals surface area contributed by atoms with Gasteiger partial charge in [-0.1, -0.05) is 82.8 Å². The third-order valence-corrected chi connectivity index (χ3v) is 11.8. The van der Waals surface area contributed by atoms with Crippen molar-refractivity contribution in [1.82, 2.24) is 0 Å². The van der Waals surface area contributed by atoms with Gasteiger partial charge in [-0.2, -0.15) is 13.2 Å². The van der Waals surface area contributed by atoms with E-state index >= 15 is 0 Å². The summed E-state index contributed by atoms with van der Waals surface area (Å²) in [5.74, 6) is -1.42. The van der Waals surface area contributed by atoms with Gasteiger partial charge in [0, 0.05) is 8.80 Å². The molecule has 0 bridgehead atoms. The zero-order valence-corrected chi connectivity index (χ0v) is 21.3. The molecule has 6 heteroatoms. The van der Waals surface area contributed by atoms with Crippen molar-refractivity contribution in [2.75, 3.05) is 0 Å². The first-order valence-corrected chi connectivity index (χ1v) is 15.8. The Morgan fingerprint density at radius 1 is 0.788 bits per heavy atom. The van der Waals surface area contributed by atoms with Crippen LogP contribution in [0.15, 0.2) is 12.1 Å². The van der Waals surface area contributed by atoms with Gasteiger partial charge < -0.3 is 0 Å². The molecule has 1 aromatic rings. The molecule has 0 spiro atoms. The standard InChI is InChI=1S/C27H41F5Si/c1-2-3-6-15-33-16-13-21(14-17-33)8-5-4-7-20-9-11-22(12-10-20)23-18-24(28)26(25(29)19-23)27(30,31)32/h18-22,33H,2-17H2,1H3. The highest BCUT2D eigenvalue weighted by Gasteiger charge is 2.38. The molecule has 0 unspecified atom stereocenters. The van der Waals surface area contributed by atoms with Crippen LogP contribution in [-0.2, 0) is 6.18 Å². The molecule has 1 aliphatic heterocycles. The van der Waals surface area contributed by atoms with E-state index in [1.165, 1.54) is 57.8 Å². The van der Waals surface area contributed by atoms with Crippen molar-refractivity contribution < 1.29 is 22.0 Å². The smallest absolute Gasteiger partial charge is 0.206 e. The Kier molecular flexibility index (Phi) is 10.3. The summed E-state index contributed by atoms with van der Waals surface area (Å²) in [6.45, 7) is 2.28. The van der Waals surface area contributed by atoms with Crippen LogP contribution in [0, 0.1) is 23.5 Å². The lowest BCUT2D eigenvalue weighted by Gasteiger charge is -2.30. The Bertz CT molecular complexity index is 693. The molecule has 188 valence electrons. The molecule has 1 aliphatic carbocycles. The number of hydrogen-bond donors (Lipinski definition) is 0. The van der Waals surface area contributed by atoms with Crippen LogP contribution in [0.1, 0.15) is 107 Å². The fourth-order valence-electron chi connectivity index (χ4n) is 6.24. The first-order chi connectivity index (χ1) is 15.8. The number of alkyl halides is 3. The van der Waals surface area contributed by atoms with Crippen LogP contribution in [0.2, 0.25) is 18.1 Å². The second-order valence-electron chi connectivity index (χ2n) is 10.7. The summed E-state index contributed by atoms with van der Waals surface area (Å²) in [7, 11) is -0.413. The minimum absolute atomic E-state index is 0.0378. The molecule has 0 nitrogen and oxygen atoms in total. The van der Waals surface area contributed by atoms with Crippen LogP contribution in [0.25, 0.3) is 0 Å². The van der Waals surface area contributed by atoms with Gasteiger partial charge in [-0.3, -0.25) is 0 Å². The first kappa shape index (κ1) is 26.7. The molecule has 0 aromatic heterocycles. The van der Waals surface area contributed by atoms with Crippen LogP contribution >= 0.6 is 0 Å². The SMILES string of the molecule is CCCCC[SiH]1CCC(CCCCC2CCC(c3cc(F)c(C(F)(F)F)c(F)c3)CC2)CC1. The summed E-state index contributed by atoms with van der Waals surface area (Å²) in [6.07, 6.45) is 10.9. The normalized spacial score (nSPS) is 26.5. The van der Waals surface area contributed by atoms with Crippen LogP contribution in [0.4, 0.5) is 22.0 Å². The third-order valence-electron chi connectivity index (χ3n) is 8.32. The van der Waals surface area contributed by atoms with Gasteiger partial charge in [0.25, 0.3) is 0 Å². The summed E-state index contributed by atoms with van der Waals surface area (Å²) >= 11 is 0. The Balaban J connectivity index is 1.32. The molecule has 33 heavy (non-hydrogen) atoms. The lowest BCUT2D eigenvalue weighted by atomic mass is 9.76. The van der Waals surface area contributed by atoms with Gasteiger partial charge >= 0.3 is 6.18 Å². The Morgan fingerprint density at radius 2 is 1.33 bits per heavy atom. The van der Waals surface area contributed by atoms with Crippen LogP contribution in [0.3, 0.4) is 0 Å². The predicted molar refractivity (Wildman–Crippen MR) is 128 cm³/mol. The molecular formula is C27H41F5Si. The lowest BCUT2D eigenvalue weighted by Crippen LogP contribution is -2.21. The molecule has 0 amide bonds. The van der Waals surface area contributed by atoms with E-state index < -0.39 is 32.2 Å². The topological polar surface area (TPSA) is 0 Å². The summed E-state index contributed by atoms with van der Waals surface area (Å²) in [5, 5.41) is 0. The molecule has 1 heterocycles. The van der Waals surface area contributed by atoms with Gasteiger partial charge in [-0.15, -0.1) is 0 Å². The van der Waals surface area contributed by atoms with Gasteiger partial charge in [-0.25, -0.2) is 8.78 Å². The van der Waals surface area contributed by atoms with Crippen LogP contribution in [0.5, 0.6) is 0 Å². The van der Waals surface area contributed by atoms with Gasteiger partial charge in [0.1, 0.15) is 17.2 Å². The van der Waals surface area contributed by atoms with Crippen molar-refractivity contribution in [3.05, 3.63) is 34.9 Å². The monoisotopic (exact) mass is 488 g/mol. The highest BCUT2D eigenvalue weighted by atomic mass is 28.3. The van der Waals surface area contributed by atoms with Gasteiger partial charge in [0.15, 0.2) is 0 Å². The number of hydrogen-bond acceptors (Lipinski definition) is 0. The maximum Gasteiger partial charge on any atom is 0.422 e. The third kappa shape index (κ3) is 8.07. The van der Waals surface area contributed by atoms with Crippen molar-refractivity contribution in [1.29, 1.82) is 0 Å². The second kappa shape index (κ2) is 12.7. The zero-order valence-electron chi connectivity index (χ0n) is 20.2. The molecule has 1 saturated carbocycles. The maximum absolute atomic E-state index is 13.9. The average Bonchev–Trinajstić information content (AvgIpc) is 2.77. The van der Waals surface area contributed by atoms with E-state index in [9.17, 15) is 22.0 Å². The largest absolute Gasteiger partial charge is 0.422 e. The fraction of sp³-hybridized carbons (Fsp3) is 0.778. The molecule has 1 aromatic carbocycles. The second-order valence-corrected chi connectivity index (χ2v) is 14.2. The zero-order chi connectivity index (χ0) is 23.8. The molecule has 3 rings (SSSR count). The predicted octanol–water partition coefficient (Wildman–Crippen LogP) is 9.65. The number of benzene rings is 1. The summed E-state index contributed by atoms with van der Waals surface area (Å²) in [4.78, 5) is 0. The maximum atomic E-state index is 13.9. The summed E-state index contributed by atoms with van der Waals surface area (Å²) in [5.41, 5.74) is -1.39. The molecule has 0 N–H and O–H groups in total. The molecule has 2 aliphatic rings. The van der Waals surface area contributed by atoms with Crippen molar-refractivity contribution in [3.63, 3.8) is 0 Å². The summed E-state index contributed by atoms with van der Waals surface area (Å²) < 4.78 is 66.3. The van der Waals surface area contributed by atoms with Crippen molar-refractivity contribution in [2.45, 2.75) is 121 Å².